The topological polar surface area (TPSA) is 41.1 Å². The van der Waals surface area contributed by atoms with E-state index in [1.165, 1.54) is 10.0 Å². The summed E-state index contributed by atoms with van der Waals surface area (Å²) in [7, 11) is 0. The standard InChI is InChI=1S/C15H21BrN2O/c1-3-17-15(19)10(2)18-12-8-11(9-12)13-6-4-5-7-14(13)16/h4-7,10-12,18H,3,8-9H2,1-2H3,(H,17,19). The van der Waals surface area contributed by atoms with Crippen molar-refractivity contribution in [2.24, 2.45) is 0 Å². The summed E-state index contributed by atoms with van der Waals surface area (Å²) < 4.78 is 1.19. The Morgan fingerprint density at radius 3 is 2.74 bits per heavy atom. The molecule has 0 aliphatic heterocycles. The maximum atomic E-state index is 11.6. The quantitative estimate of drug-likeness (QED) is 0.874. The van der Waals surface area contributed by atoms with Crippen LogP contribution in [-0.2, 0) is 4.79 Å². The van der Waals surface area contributed by atoms with Gasteiger partial charge < -0.3 is 10.6 Å². The molecule has 1 unspecified atom stereocenters. The first-order valence-corrected chi connectivity index (χ1v) is 7.69. The third-order valence-corrected chi connectivity index (χ3v) is 4.44. The van der Waals surface area contributed by atoms with Crippen molar-refractivity contribution >= 4 is 21.8 Å². The lowest BCUT2D eigenvalue weighted by Crippen LogP contribution is -2.50. The van der Waals surface area contributed by atoms with Gasteiger partial charge in [0, 0.05) is 17.1 Å². The molecule has 0 spiro atoms. The van der Waals surface area contributed by atoms with Gasteiger partial charge in [-0.3, -0.25) is 4.79 Å². The molecule has 2 rings (SSSR count). The molecule has 104 valence electrons. The van der Waals surface area contributed by atoms with E-state index in [1.807, 2.05) is 19.9 Å². The second-order valence-electron chi connectivity index (χ2n) is 5.17. The lowest BCUT2D eigenvalue weighted by atomic mass is 9.75. The molecule has 0 heterocycles. The molecule has 1 saturated carbocycles. The van der Waals surface area contributed by atoms with Gasteiger partial charge in [0.2, 0.25) is 5.91 Å². The third-order valence-electron chi connectivity index (χ3n) is 3.71. The van der Waals surface area contributed by atoms with Crippen LogP contribution in [-0.4, -0.2) is 24.5 Å². The van der Waals surface area contributed by atoms with Crippen LogP contribution in [0.25, 0.3) is 0 Å². The van der Waals surface area contributed by atoms with E-state index in [2.05, 4.69) is 44.8 Å². The highest BCUT2D eigenvalue weighted by Gasteiger charge is 2.32. The number of benzene rings is 1. The average molecular weight is 325 g/mol. The van der Waals surface area contributed by atoms with Crippen molar-refractivity contribution in [3.63, 3.8) is 0 Å². The molecule has 1 fully saturated rings. The van der Waals surface area contributed by atoms with Crippen LogP contribution in [0.3, 0.4) is 0 Å². The van der Waals surface area contributed by atoms with Crippen LogP contribution in [0.5, 0.6) is 0 Å². The number of carbonyl (C=O) groups is 1. The molecule has 1 aromatic rings. The number of rotatable bonds is 5. The zero-order chi connectivity index (χ0) is 13.8. The number of amides is 1. The highest BCUT2D eigenvalue weighted by Crippen LogP contribution is 2.40. The molecule has 1 amide bonds. The summed E-state index contributed by atoms with van der Waals surface area (Å²) in [6, 6.07) is 8.74. The predicted molar refractivity (Wildman–Crippen MR) is 81.2 cm³/mol. The molecule has 3 nitrogen and oxygen atoms in total. The molecule has 1 atom stereocenters. The fraction of sp³-hybridized carbons (Fsp3) is 0.533. The maximum Gasteiger partial charge on any atom is 0.236 e. The van der Waals surface area contributed by atoms with E-state index >= 15 is 0 Å². The van der Waals surface area contributed by atoms with Gasteiger partial charge in [0.1, 0.15) is 0 Å². The van der Waals surface area contributed by atoms with Crippen molar-refractivity contribution in [2.45, 2.75) is 44.7 Å². The summed E-state index contributed by atoms with van der Waals surface area (Å²) in [6.45, 7) is 4.56. The minimum atomic E-state index is -0.106. The highest BCUT2D eigenvalue weighted by molar-refractivity contribution is 9.10. The number of likely N-dealkylation sites (N-methyl/N-ethyl adjacent to an activating group) is 1. The van der Waals surface area contributed by atoms with Gasteiger partial charge in [-0.1, -0.05) is 34.1 Å². The van der Waals surface area contributed by atoms with E-state index in [0.717, 1.165) is 12.8 Å². The Labute approximate surface area is 123 Å². The summed E-state index contributed by atoms with van der Waals surface area (Å²) in [6.07, 6.45) is 2.21. The molecule has 1 aliphatic carbocycles. The van der Waals surface area contributed by atoms with E-state index in [1.54, 1.807) is 0 Å². The molecule has 0 aromatic heterocycles. The van der Waals surface area contributed by atoms with Gasteiger partial charge in [0.25, 0.3) is 0 Å². The first kappa shape index (κ1) is 14.5. The molecule has 1 aromatic carbocycles. The van der Waals surface area contributed by atoms with E-state index in [9.17, 15) is 4.79 Å². The zero-order valence-electron chi connectivity index (χ0n) is 11.4. The van der Waals surface area contributed by atoms with Crippen molar-refractivity contribution in [3.8, 4) is 0 Å². The van der Waals surface area contributed by atoms with Gasteiger partial charge in [-0.15, -0.1) is 0 Å². The van der Waals surface area contributed by atoms with Crippen LogP contribution in [0.4, 0.5) is 0 Å². The lowest BCUT2D eigenvalue weighted by Gasteiger charge is -2.38. The minimum Gasteiger partial charge on any atom is -0.355 e. The Balaban J connectivity index is 1.81. The summed E-state index contributed by atoms with van der Waals surface area (Å²) in [5, 5.41) is 6.23. The molecular formula is C15H21BrN2O. The molecule has 0 radical (unpaired) electrons. The highest BCUT2D eigenvalue weighted by atomic mass is 79.9. The van der Waals surface area contributed by atoms with E-state index in [0.29, 0.717) is 18.5 Å². The van der Waals surface area contributed by atoms with Crippen LogP contribution >= 0.6 is 15.9 Å². The Kier molecular flexibility index (Phi) is 4.99. The van der Waals surface area contributed by atoms with E-state index < -0.39 is 0 Å². The fourth-order valence-electron chi connectivity index (χ4n) is 2.57. The average Bonchev–Trinajstić information content (AvgIpc) is 2.34. The first-order valence-electron chi connectivity index (χ1n) is 6.90. The van der Waals surface area contributed by atoms with Crippen LogP contribution in [0.15, 0.2) is 28.7 Å². The van der Waals surface area contributed by atoms with Gasteiger partial charge >= 0.3 is 0 Å². The maximum absolute atomic E-state index is 11.6. The SMILES string of the molecule is CCNC(=O)C(C)NC1CC(c2ccccc2Br)C1. The van der Waals surface area contributed by atoms with Crippen molar-refractivity contribution in [1.82, 2.24) is 10.6 Å². The largest absolute Gasteiger partial charge is 0.355 e. The molecule has 2 N–H and O–H groups in total. The third kappa shape index (κ3) is 3.57. The fourth-order valence-corrected chi connectivity index (χ4v) is 3.18. The van der Waals surface area contributed by atoms with Crippen molar-refractivity contribution in [2.75, 3.05) is 6.54 Å². The number of nitrogens with one attached hydrogen (secondary N) is 2. The lowest BCUT2D eigenvalue weighted by molar-refractivity contribution is -0.123. The number of hydrogen-bond donors (Lipinski definition) is 2. The molecule has 4 heteroatoms. The van der Waals surface area contributed by atoms with Crippen molar-refractivity contribution in [1.29, 1.82) is 0 Å². The predicted octanol–water partition coefficient (Wildman–Crippen LogP) is 2.81. The molecular weight excluding hydrogens is 304 g/mol. The molecule has 0 bridgehead atoms. The first-order chi connectivity index (χ1) is 9.11. The zero-order valence-corrected chi connectivity index (χ0v) is 13.0. The Bertz CT molecular complexity index is 444. The monoisotopic (exact) mass is 324 g/mol. The Morgan fingerprint density at radius 2 is 2.11 bits per heavy atom. The van der Waals surface area contributed by atoms with E-state index in [4.69, 9.17) is 0 Å². The summed E-state index contributed by atoms with van der Waals surface area (Å²) in [5.74, 6) is 0.696. The molecule has 1 aliphatic rings. The summed E-state index contributed by atoms with van der Waals surface area (Å²) >= 11 is 3.60. The van der Waals surface area contributed by atoms with Crippen molar-refractivity contribution in [3.05, 3.63) is 34.3 Å². The van der Waals surface area contributed by atoms with E-state index in [-0.39, 0.29) is 11.9 Å². The van der Waals surface area contributed by atoms with Crippen LogP contribution in [0.2, 0.25) is 0 Å². The second-order valence-corrected chi connectivity index (χ2v) is 6.02. The van der Waals surface area contributed by atoms with Gasteiger partial charge in [-0.25, -0.2) is 0 Å². The summed E-state index contributed by atoms with van der Waals surface area (Å²) in [5.41, 5.74) is 1.38. The normalized spacial score (nSPS) is 23.5. The Morgan fingerprint density at radius 1 is 1.42 bits per heavy atom. The van der Waals surface area contributed by atoms with Gasteiger partial charge in [-0.05, 0) is 44.2 Å². The van der Waals surface area contributed by atoms with Crippen molar-refractivity contribution < 1.29 is 4.79 Å². The number of hydrogen-bond acceptors (Lipinski definition) is 2. The van der Waals surface area contributed by atoms with Crippen LogP contribution in [0, 0.1) is 0 Å². The van der Waals surface area contributed by atoms with Gasteiger partial charge in [0.15, 0.2) is 0 Å². The van der Waals surface area contributed by atoms with Crippen LogP contribution in [0.1, 0.15) is 38.2 Å². The summed E-state index contributed by atoms with van der Waals surface area (Å²) in [4.78, 5) is 11.6. The van der Waals surface area contributed by atoms with Gasteiger partial charge in [-0.2, -0.15) is 0 Å². The molecule has 0 saturated heterocycles. The Hall–Kier alpha value is -0.870. The number of carbonyl (C=O) groups excluding carboxylic acids is 1. The number of halogens is 1. The van der Waals surface area contributed by atoms with Crippen LogP contribution < -0.4 is 10.6 Å². The molecule has 19 heavy (non-hydrogen) atoms. The second kappa shape index (κ2) is 6.53. The van der Waals surface area contributed by atoms with Gasteiger partial charge in [0.05, 0.1) is 6.04 Å². The smallest absolute Gasteiger partial charge is 0.236 e. The minimum absolute atomic E-state index is 0.0897.